The topological polar surface area (TPSA) is 108 Å². The zero-order chi connectivity index (χ0) is 26.9. The molecule has 0 radical (unpaired) electrons. The normalized spacial score (nSPS) is 25.1. The van der Waals surface area contributed by atoms with Crippen LogP contribution in [-0.2, 0) is 20.8 Å². The largest absolute Gasteiger partial charge is 0.417 e. The van der Waals surface area contributed by atoms with E-state index in [1.165, 1.54) is 6.07 Å². The molecule has 8 nitrogen and oxygen atoms in total. The van der Waals surface area contributed by atoms with Crippen molar-refractivity contribution in [2.24, 2.45) is 0 Å². The number of aromatic nitrogens is 2. The van der Waals surface area contributed by atoms with E-state index in [-0.39, 0.29) is 19.0 Å². The maximum absolute atomic E-state index is 13.7. The van der Waals surface area contributed by atoms with Gasteiger partial charge >= 0.3 is 6.18 Å². The first-order chi connectivity index (χ1) is 18.0. The Hall–Kier alpha value is -3.07. The molecule has 1 aromatic heterocycles. The van der Waals surface area contributed by atoms with Crippen LogP contribution < -0.4 is 10.2 Å². The Bertz CT molecular complexity index is 1420. The number of sulfone groups is 1. The van der Waals surface area contributed by atoms with Crippen LogP contribution in [0, 0.1) is 11.3 Å². The van der Waals surface area contributed by atoms with Gasteiger partial charge < -0.3 is 10.2 Å². The Morgan fingerprint density at radius 3 is 2.45 bits per heavy atom. The highest BCUT2D eigenvalue weighted by molar-refractivity contribution is 7.92. The summed E-state index contributed by atoms with van der Waals surface area (Å²) in [4.78, 5) is 14.4. The zero-order valence-electron chi connectivity index (χ0n) is 20.6. The van der Waals surface area contributed by atoms with Gasteiger partial charge in [-0.2, -0.15) is 23.5 Å². The molecular weight excluding hydrogens is 519 g/mol. The van der Waals surface area contributed by atoms with Gasteiger partial charge in [0.2, 0.25) is 5.91 Å². The molecule has 1 amide bonds. The van der Waals surface area contributed by atoms with Gasteiger partial charge in [-0.05, 0) is 63.5 Å². The van der Waals surface area contributed by atoms with Crippen LogP contribution in [0.25, 0.3) is 0 Å². The monoisotopic (exact) mass is 547 g/mol. The fourth-order valence-corrected chi connectivity index (χ4v) is 7.37. The van der Waals surface area contributed by atoms with E-state index in [9.17, 15) is 31.6 Å². The number of rotatable bonds is 7. The molecule has 1 N–H and O–H groups in total. The van der Waals surface area contributed by atoms with E-state index < -0.39 is 49.2 Å². The maximum atomic E-state index is 13.7. The number of nitrogens with zero attached hydrogens (tertiary/aromatic N) is 4. The number of carbonyl (C=O) groups excluding carboxylic acids is 1. The number of halogens is 3. The Balaban J connectivity index is 1.39. The average Bonchev–Trinajstić information content (AvgIpc) is 3.75. The number of alkyl halides is 3. The minimum atomic E-state index is -4.84. The molecule has 38 heavy (non-hydrogen) atoms. The molecule has 4 aliphatic rings. The minimum absolute atomic E-state index is 0.136. The number of nitrogens with one attached hydrogen (secondary N) is 1. The van der Waals surface area contributed by atoms with Crippen molar-refractivity contribution in [1.82, 2.24) is 15.1 Å². The van der Waals surface area contributed by atoms with Crippen molar-refractivity contribution < 1.29 is 26.4 Å². The first kappa shape index (κ1) is 25.2. The smallest absolute Gasteiger partial charge is 0.343 e. The Labute approximate surface area is 218 Å². The molecule has 1 aliphatic heterocycles. The van der Waals surface area contributed by atoms with Crippen molar-refractivity contribution in [2.75, 3.05) is 11.4 Å². The maximum Gasteiger partial charge on any atom is 0.417 e. The second kappa shape index (κ2) is 8.73. The summed E-state index contributed by atoms with van der Waals surface area (Å²) in [5.74, 6) is 0.469. The molecule has 4 fully saturated rings. The van der Waals surface area contributed by atoms with Crippen LogP contribution in [0.4, 0.5) is 19.0 Å². The van der Waals surface area contributed by atoms with E-state index in [2.05, 4.69) is 11.4 Å². The third-order valence-electron chi connectivity index (χ3n) is 8.28. The van der Waals surface area contributed by atoms with Crippen LogP contribution in [0.2, 0.25) is 0 Å². The predicted octanol–water partition coefficient (Wildman–Crippen LogP) is 4.10. The molecule has 1 unspecified atom stereocenters. The third kappa shape index (κ3) is 4.34. The van der Waals surface area contributed by atoms with Crippen molar-refractivity contribution in [3.8, 4) is 6.07 Å². The lowest BCUT2D eigenvalue weighted by atomic mass is 9.93. The van der Waals surface area contributed by atoms with Crippen molar-refractivity contribution in [1.29, 1.82) is 5.26 Å². The summed E-state index contributed by atoms with van der Waals surface area (Å²) in [5.41, 5.74) is -1.28. The van der Waals surface area contributed by atoms with Gasteiger partial charge in [-0.3, -0.25) is 4.79 Å². The molecule has 2 heterocycles. The minimum Gasteiger partial charge on any atom is -0.343 e. The van der Waals surface area contributed by atoms with E-state index in [1.807, 2.05) is 10.7 Å². The number of hydrogen-bond acceptors (Lipinski definition) is 6. The van der Waals surface area contributed by atoms with Gasteiger partial charge in [-0.15, -0.1) is 0 Å². The van der Waals surface area contributed by atoms with Crippen molar-refractivity contribution in [3.63, 3.8) is 0 Å². The van der Waals surface area contributed by atoms with Crippen LogP contribution in [0.5, 0.6) is 0 Å². The lowest BCUT2D eigenvalue weighted by Crippen LogP contribution is -2.48. The molecule has 1 saturated heterocycles. The first-order valence-electron chi connectivity index (χ1n) is 13.0. The highest BCUT2D eigenvalue weighted by Crippen LogP contribution is 2.45. The van der Waals surface area contributed by atoms with Gasteiger partial charge in [0.15, 0.2) is 9.84 Å². The fraction of sp³-hybridized carbons (Fsp3) is 0.577. The summed E-state index contributed by atoms with van der Waals surface area (Å²) >= 11 is 0. The second-order valence-electron chi connectivity index (χ2n) is 11.0. The molecule has 1 aromatic carbocycles. The SMILES string of the molecule is N#CC1(NC(=O)[C@@H]2CC(S(=O)(=O)c3ccccc3C(F)(F)F)CN2c2cc(C3CC3)nn2C2CCC2)CC1. The van der Waals surface area contributed by atoms with Gasteiger partial charge in [-0.25, -0.2) is 13.1 Å². The summed E-state index contributed by atoms with van der Waals surface area (Å²) in [6.45, 7) is -0.144. The lowest BCUT2D eigenvalue weighted by molar-refractivity contribution is -0.139. The van der Waals surface area contributed by atoms with Crippen molar-refractivity contribution >= 4 is 21.6 Å². The van der Waals surface area contributed by atoms with E-state index in [0.717, 1.165) is 56.0 Å². The second-order valence-corrected chi connectivity index (χ2v) is 13.2. The Morgan fingerprint density at radius 2 is 1.87 bits per heavy atom. The van der Waals surface area contributed by atoms with Crippen LogP contribution in [0.3, 0.4) is 0 Å². The molecule has 0 spiro atoms. The summed E-state index contributed by atoms with van der Waals surface area (Å²) in [5, 5.41) is 15.9. The molecular formula is C26H28F3N5O3S. The molecule has 2 atom stereocenters. The predicted molar refractivity (Wildman–Crippen MR) is 131 cm³/mol. The number of hydrogen-bond donors (Lipinski definition) is 1. The molecule has 3 aliphatic carbocycles. The van der Waals surface area contributed by atoms with E-state index in [1.54, 1.807) is 4.90 Å². The molecule has 0 bridgehead atoms. The van der Waals surface area contributed by atoms with Crippen LogP contribution in [0.15, 0.2) is 35.2 Å². The molecule has 12 heteroatoms. The van der Waals surface area contributed by atoms with Gasteiger partial charge in [0.05, 0.1) is 33.5 Å². The third-order valence-corrected chi connectivity index (χ3v) is 10.5. The fourth-order valence-electron chi connectivity index (χ4n) is 5.46. The Kier molecular flexibility index (Phi) is 5.79. The van der Waals surface area contributed by atoms with Crippen molar-refractivity contribution in [2.45, 2.75) is 91.2 Å². The number of carbonyl (C=O) groups is 1. The van der Waals surface area contributed by atoms with Gasteiger partial charge in [-0.1, -0.05) is 12.1 Å². The number of amides is 1. The van der Waals surface area contributed by atoms with E-state index in [4.69, 9.17) is 5.10 Å². The Morgan fingerprint density at radius 1 is 1.16 bits per heavy atom. The summed E-state index contributed by atoms with van der Waals surface area (Å²) < 4.78 is 70.4. The van der Waals surface area contributed by atoms with Crippen LogP contribution >= 0.6 is 0 Å². The number of nitriles is 1. The zero-order valence-corrected chi connectivity index (χ0v) is 21.4. The van der Waals surface area contributed by atoms with Crippen molar-refractivity contribution in [3.05, 3.63) is 41.6 Å². The van der Waals surface area contributed by atoms with Crippen LogP contribution in [-0.4, -0.2) is 47.5 Å². The quantitative estimate of drug-likeness (QED) is 0.559. The van der Waals surface area contributed by atoms with Crippen LogP contribution in [0.1, 0.15) is 74.6 Å². The summed E-state index contributed by atoms with van der Waals surface area (Å²) in [7, 11) is -4.45. The molecule has 3 saturated carbocycles. The van der Waals surface area contributed by atoms with E-state index in [0.29, 0.717) is 24.6 Å². The summed E-state index contributed by atoms with van der Waals surface area (Å²) in [6, 6.07) is 7.38. The van der Waals surface area contributed by atoms with Gasteiger partial charge in [0, 0.05) is 18.5 Å². The van der Waals surface area contributed by atoms with E-state index >= 15 is 0 Å². The standard InChI is InChI=1S/C26H28F3N5O3S/c27-26(28,29)19-6-1-2-7-22(19)38(36,37)18-12-21(24(35)31-25(15-30)10-11-25)33(14-18)23-13-20(16-8-9-16)32-34(23)17-4-3-5-17/h1-2,6-7,13,16-18,21H,3-5,8-12,14H2,(H,31,35)/t18?,21-/m0/s1. The molecule has 2 aromatic rings. The first-order valence-corrected chi connectivity index (χ1v) is 14.6. The number of benzene rings is 1. The molecule has 202 valence electrons. The number of anilines is 1. The summed E-state index contributed by atoms with van der Waals surface area (Å²) in [6.07, 6.45) is 0.902. The van der Waals surface area contributed by atoms with Gasteiger partial charge in [0.1, 0.15) is 17.4 Å². The highest BCUT2D eigenvalue weighted by Gasteiger charge is 2.51. The average molecular weight is 548 g/mol. The highest BCUT2D eigenvalue weighted by atomic mass is 32.2. The molecule has 6 rings (SSSR count). The van der Waals surface area contributed by atoms with Gasteiger partial charge in [0.25, 0.3) is 0 Å². The lowest BCUT2D eigenvalue weighted by Gasteiger charge is -2.32.